The van der Waals surface area contributed by atoms with Crippen molar-refractivity contribution in [3.05, 3.63) is 0 Å². The molecule has 0 saturated carbocycles. The highest BCUT2D eigenvalue weighted by Crippen LogP contribution is 2.47. The SMILES string of the molecule is CCCCCCCCCCCCCC(=O)OC[C@H](COC(C(COC[C@@H](COC(=O)CCCCCCCCCCCCC)OC(=O)CCCCCCCCCCCCC)O[Si](C)(C)C(C)(C)C)P(=O)(O)O)OC(=O)CCCCCCCCCCCCC.N.N. The Morgan fingerprint density at radius 2 is 0.618 bits per heavy atom. The largest absolute Gasteiger partial charge is 0.462 e. The van der Waals surface area contributed by atoms with Crippen LogP contribution in [0.1, 0.15) is 357 Å². The maximum Gasteiger partial charge on any atom is 0.356 e. The Kier molecular flexibility index (Phi) is 63.7. The van der Waals surface area contributed by atoms with E-state index in [-0.39, 0.29) is 70.4 Å². The van der Waals surface area contributed by atoms with Gasteiger partial charge in [0.05, 0.1) is 19.8 Å². The monoisotopic (exact) mass is 1310 g/mol. The molecule has 0 aliphatic heterocycles. The van der Waals surface area contributed by atoms with Crippen LogP contribution in [0.4, 0.5) is 0 Å². The standard InChI is InChI=1S/C71H139O14PSi.2H3N/c1-10-14-18-22-26-30-34-38-42-46-50-54-66(72)80-59-63(83-68(74)56-52-48-44-40-36-32-28-24-20-16-12-3)58-79-62-65(85-87(8,9)71(5,6)7)70(86(76,77)78)82-61-64(84-69(75)57-53-49-45-41-37-33-29-25-21-17-13-4)60-81-67(73)55-51-47-43-39-35-31-27-23-19-15-11-2;;/h63-65,70H,10-62H2,1-9H3,(H2,76,77,78);2*1H3/t63-,64+,65?,70?;;/m0../s1. The Hall–Kier alpha value is -1.95. The van der Waals surface area contributed by atoms with Gasteiger partial charge in [0.2, 0.25) is 0 Å². The highest BCUT2D eigenvalue weighted by Gasteiger charge is 2.46. The minimum atomic E-state index is -5.15. The van der Waals surface area contributed by atoms with Crippen LogP contribution in [-0.2, 0) is 56.6 Å². The Morgan fingerprint density at radius 3 is 0.876 bits per heavy atom. The van der Waals surface area contributed by atoms with E-state index in [9.17, 15) is 33.5 Å². The van der Waals surface area contributed by atoms with Gasteiger partial charge in [-0.2, -0.15) is 0 Å². The molecule has 532 valence electrons. The molecule has 89 heavy (non-hydrogen) atoms. The molecule has 4 atom stereocenters. The molecule has 0 saturated heterocycles. The van der Waals surface area contributed by atoms with E-state index in [4.69, 9.17) is 32.8 Å². The predicted molar refractivity (Wildman–Crippen MR) is 371 cm³/mol. The predicted octanol–water partition coefficient (Wildman–Crippen LogP) is 21.0. The summed E-state index contributed by atoms with van der Waals surface area (Å²) in [6, 6.07) is 0. The maximum atomic E-state index is 13.6. The zero-order valence-electron chi connectivity index (χ0n) is 59.4. The highest BCUT2D eigenvalue weighted by molar-refractivity contribution is 7.52. The van der Waals surface area contributed by atoms with Crippen molar-refractivity contribution < 1.29 is 66.4 Å². The van der Waals surface area contributed by atoms with Crippen molar-refractivity contribution in [2.75, 3.05) is 33.0 Å². The van der Waals surface area contributed by atoms with E-state index in [0.29, 0.717) is 25.7 Å². The van der Waals surface area contributed by atoms with Crippen LogP contribution in [0.15, 0.2) is 0 Å². The summed E-state index contributed by atoms with van der Waals surface area (Å²) in [4.78, 5) is 75.1. The Bertz CT molecular complexity index is 1670. The van der Waals surface area contributed by atoms with E-state index >= 15 is 0 Å². The number of rotatable bonds is 65. The third-order valence-corrected chi connectivity index (χ3v) is 23.0. The van der Waals surface area contributed by atoms with Crippen LogP contribution < -0.4 is 12.3 Å². The summed E-state index contributed by atoms with van der Waals surface area (Å²) in [5, 5.41) is -0.395. The molecule has 16 nitrogen and oxygen atoms in total. The Morgan fingerprint density at radius 1 is 0.371 bits per heavy atom. The van der Waals surface area contributed by atoms with Gasteiger partial charge >= 0.3 is 31.5 Å². The van der Waals surface area contributed by atoms with E-state index in [1.165, 1.54) is 180 Å². The van der Waals surface area contributed by atoms with Crippen LogP contribution in [0.25, 0.3) is 0 Å². The molecular formula is C71H145N2O14PSi. The average Bonchev–Trinajstić information content (AvgIpc) is 2.94. The molecule has 8 N–H and O–H groups in total. The molecule has 0 aliphatic rings. The van der Waals surface area contributed by atoms with Gasteiger partial charge in [0.25, 0.3) is 0 Å². The Balaban J connectivity index is -0.0000370. The van der Waals surface area contributed by atoms with Crippen molar-refractivity contribution >= 4 is 39.8 Å². The van der Waals surface area contributed by atoms with Crippen molar-refractivity contribution in [2.24, 2.45) is 0 Å². The van der Waals surface area contributed by atoms with E-state index in [0.717, 1.165) is 77.0 Å². The maximum absolute atomic E-state index is 13.6. The molecule has 0 radical (unpaired) electrons. The number of unbranched alkanes of at least 4 members (excludes halogenated alkanes) is 40. The number of hydrogen-bond donors (Lipinski definition) is 4. The van der Waals surface area contributed by atoms with Crippen LogP contribution in [0, 0.1) is 0 Å². The van der Waals surface area contributed by atoms with Crippen molar-refractivity contribution in [3.63, 3.8) is 0 Å². The zero-order valence-corrected chi connectivity index (χ0v) is 61.3. The summed E-state index contributed by atoms with van der Waals surface area (Å²) in [6.07, 6.45) is 47.6. The van der Waals surface area contributed by atoms with Gasteiger partial charge in [-0.3, -0.25) is 23.7 Å². The van der Waals surface area contributed by atoms with Gasteiger partial charge in [-0.15, -0.1) is 0 Å². The molecule has 0 amide bonds. The quantitative estimate of drug-likeness (QED) is 0.0145. The summed E-state index contributed by atoms with van der Waals surface area (Å²) in [5.74, 6) is -3.65. The van der Waals surface area contributed by atoms with E-state index in [2.05, 4.69) is 27.7 Å². The van der Waals surface area contributed by atoms with Crippen molar-refractivity contribution in [1.82, 2.24) is 12.3 Å². The third-order valence-electron chi connectivity index (χ3n) is 17.3. The summed E-state index contributed by atoms with van der Waals surface area (Å²) >= 11 is 0. The number of esters is 4. The topological polar surface area (TPSA) is 260 Å². The lowest BCUT2D eigenvalue weighted by Gasteiger charge is -2.41. The van der Waals surface area contributed by atoms with Gasteiger partial charge in [-0.1, -0.05) is 305 Å². The molecule has 2 unspecified atom stereocenters. The zero-order chi connectivity index (χ0) is 64.5. The summed E-state index contributed by atoms with van der Waals surface area (Å²) < 4.78 is 55.9. The lowest BCUT2D eigenvalue weighted by Crippen LogP contribution is -2.50. The molecule has 0 aromatic carbocycles. The Labute approximate surface area is 548 Å². The van der Waals surface area contributed by atoms with Gasteiger partial charge < -0.3 is 54.9 Å². The van der Waals surface area contributed by atoms with Gasteiger partial charge in [-0.25, -0.2) is 0 Å². The van der Waals surface area contributed by atoms with Gasteiger partial charge in [0, 0.05) is 25.7 Å². The molecule has 0 aliphatic carbocycles. The van der Waals surface area contributed by atoms with Crippen molar-refractivity contribution in [2.45, 2.75) is 399 Å². The lowest BCUT2D eigenvalue weighted by molar-refractivity contribution is -0.166. The normalized spacial score (nSPS) is 13.2. The van der Waals surface area contributed by atoms with Crippen LogP contribution >= 0.6 is 7.60 Å². The second kappa shape index (κ2) is 62.2. The van der Waals surface area contributed by atoms with Gasteiger partial charge in [0.15, 0.2) is 26.4 Å². The second-order valence-electron chi connectivity index (χ2n) is 27.0. The first-order chi connectivity index (χ1) is 41.8. The molecule has 0 aromatic rings. The summed E-state index contributed by atoms with van der Waals surface area (Å²) in [6.45, 7) is 17.2. The molecule has 0 heterocycles. The average molecular weight is 1310 g/mol. The molecule has 0 spiro atoms. The van der Waals surface area contributed by atoms with Gasteiger partial charge in [0.1, 0.15) is 19.3 Å². The molecular weight excluding hydrogens is 1160 g/mol. The number of carbonyl (C=O) groups is 4. The van der Waals surface area contributed by atoms with Crippen LogP contribution in [0.3, 0.4) is 0 Å². The van der Waals surface area contributed by atoms with Gasteiger partial charge in [-0.05, 0) is 43.8 Å². The number of hydrogen-bond acceptors (Lipinski definition) is 14. The first-order valence-electron chi connectivity index (χ1n) is 36.4. The van der Waals surface area contributed by atoms with E-state index in [1.807, 2.05) is 33.9 Å². The molecule has 0 aromatic heterocycles. The lowest BCUT2D eigenvalue weighted by atomic mass is 10.1. The third kappa shape index (κ3) is 57.2. The van der Waals surface area contributed by atoms with Crippen LogP contribution in [0.5, 0.6) is 0 Å². The molecule has 18 heteroatoms. The summed E-state index contributed by atoms with van der Waals surface area (Å²) in [5.41, 5.74) is 0. The molecule has 0 rings (SSSR count). The van der Waals surface area contributed by atoms with Crippen molar-refractivity contribution in [1.29, 1.82) is 0 Å². The fourth-order valence-corrected chi connectivity index (χ4v) is 12.9. The fourth-order valence-electron chi connectivity index (χ4n) is 10.6. The van der Waals surface area contributed by atoms with E-state index < -0.39 is 69.6 Å². The minimum absolute atomic E-state index is 0. The second-order valence-corrected chi connectivity index (χ2v) is 33.4. The molecule has 0 fully saturated rings. The van der Waals surface area contributed by atoms with Crippen LogP contribution in [-0.4, -0.2) is 99.2 Å². The van der Waals surface area contributed by atoms with Crippen molar-refractivity contribution in [3.8, 4) is 0 Å². The molecule has 0 bridgehead atoms. The number of ether oxygens (including phenoxy) is 6. The smallest absolute Gasteiger partial charge is 0.356 e. The first kappa shape index (κ1) is 91.2. The first-order valence-corrected chi connectivity index (χ1v) is 41.0. The highest BCUT2D eigenvalue weighted by atomic mass is 31.2. The summed E-state index contributed by atoms with van der Waals surface area (Å²) in [7, 11) is -7.96. The van der Waals surface area contributed by atoms with Crippen LogP contribution in [0.2, 0.25) is 18.1 Å². The minimum Gasteiger partial charge on any atom is -0.462 e. The fraction of sp³-hybridized carbons (Fsp3) is 0.944. The van der Waals surface area contributed by atoms with E-state index in [1.54, 1.807) is 0 Å². The number of carbonyl (C=O) groups excluding carboxylic acids is 4.